The Labute approximate surface area is 119 Å². The number of nitro groups is 1. The van der Waals surface area contributed by atoms with E-state index in [2.05, 4.69) is 5.32 Å². The molecule has 1 aliphatic heterocycles. The molecular formula is C14H11N3O4. The van der Waals surface area contributed by atoms with Crippen molar-refractivity contribution in [2.45, 2.75) is 6.42 Å². The van der Waals surface area contributed by atoms with Crippen LogP contribution in [0.2, 0.25) is 0 Å². The summed E-state index contributed by atoms with van der Waals surface area (Å²) in [6, 6.07) is 9.50. The lowest BCUT2D eigenvalue weighted by Gasteiger charge is -2.10. The highest BCUT2D eigenvalue weighted by Crippen LogP contribution is 2.39. The van der Waals surface area contributed by atoms with Gasteiger partial charge in [0.15, 0.2) is 5.75 Å². The molecule has 21 heavy (non-hydrogen) atoms. The first-order valence-corrected chi connectivity index (χ1v) is 6.18. The molecule has 2 aromatic carbocycles. The summed E-state index contributed by atoms with van der Waals surface area (Å²) in [6.07, 6.45) is 0.129. The number of nitrogens with zero attached hydrogens (tertiary/aromatic N) is 1. The van der Waals surface area contributed by atoms with Crippen LogP contribution in [0.15, 0.2) is 36.4 Å². The molecule has 0 saturated carbocycles. The van der Waals surface area contributed by atoms with Gasteiger partial charge in [0.05, 0.1) is 17.0 Å². The van der Waals surface area contributed by atoms with Crippen molar-refractivity contribution in [3.05, 3.63) is 52.1 Å². The number of hydrogen-bond acceptors (Lipinski definition) is 5. The minimum absolute atomic E-state index is 0.0406. The Morgan fingerprint density at radius 1 is 1.24 bits per heavy atom. The molecule has 0 radical (unpaired) electrons. The normalized spacial score (nSPS) is 12.7. The Kier molecular flexibility index (Phi) is 2.94. The fourth-order valence-corrected chi connectivity index (χ4v) is 2.16. The number of nitrogen functional groups attached to an aromatic ring is 1. The smallest absolute Gasteiger partial charge is 0.312 e. The quantitative estimate of drug-likeness (QED) is 0.511. The molecule has 0 saturated heterocycles. The standard InChI is InChI=1S/C14H11N3O4/c15-9-3-1-2-4-12(9)21-13-7-10-8(6-14(18)16-10)5-11(13)17(19)20/h1-5,7H,6,15H2,(H,16,18). The number of nitro benzene ring substituents is 1. The van der Waals surface area contributed by atoms with E-state index in [4.69, 9.17) is 10.5 Å². The van der Waals surface area contributed by atoms with E-state index in [-0.39, 0.29) is 23.8 Å². The molecule has 0 unspecified atom stereocenters. The summed E-state index contributed by atoms with van der Waals surface area (Å²) >= 11 is 0. The molecule has 3 rings (SSSR count). The number of hydrogen-bond donors (Lipinski definition) is 2. The number of amides is 1. The summed E-state index contributed by atoms with van der Waals surface area (Å²) in [5.74, 6) is 0.166. The van der Waals surface area contributed by atoms with E-state index in [1.54, 1.807) is 24.3 Å². The topological polar surface area (TPSA) is 107 Å². The number of para-hydroxylation sites is 2. The van der Waals surface area contributed by atoms with Crippen molar-refractivity contribution in [1.82, 2.24) is 0 Å². The molecule has 1 heterocycles. The van der Waals surface area contributed by atoms with E-state index in [9.17, 15) is 14.9 Å². The number of fused-ring (bicyclic) bond motifs is 1. The number of carbonyl (C=O) groups excluding carboxylic acids is 1. The van der Waals surface area contributed by atoms with Gasteiger partial charge >= 0.3 is 5.69 Å². The van der Waals surface area contributed by atoms with Gasteiger partial charge in [-0.25, -0.2) is 0 Å². The van der Waals surface area contributed by atoms with Gasteiger partial charge in [-0.1, -0.05) is 12.1 Å². The van der Waals surface area contributed by atoms with Crippen molar-refractivity contribution in [2.24, 2.45) is 0 Å². The molecule has 7 heteroatoms. The molecule has 0 fully saturated rings. The van der Waals surface area contributed by atoms with Crippen LogP contribution in [0.25, 0.3) is 0 Å². The molecular weight excluding hydrogens is 274 g/mol. The first-order valence-electron chi connectivity index (χ1n) is 6.18. The van der Waals surface area contributed by atoms with Crippen LogP contribution in [0.1, 0.15) is 5.56 Å². The predicted molar refractivity (Wildman–Crippen MR) is 76.4 cm³/mol. The van der Waals surface area contributed by atoms with E-state index >= 15 is 0 Å². The van der Waals surface area contributed by atoms with E-state index < -0.39 is 4.92 Å². The fourth-order valence-electron chi connectivity index (χ4n) is 2.16. The Hall–Kier alpha value is -3.09. The summed E-state index contributed by atoms with van der Waals surface area (Å²) in [5, 5.41) is 13.8. The summed E-state index contributed by atoms with van der Waals surface area (Å²) < 4.78 is 5.54. The molecule has 2 aromatic rings. The van der Waals surface area contributed by atoms with Gasteiger partial charge < -0.3 is 15.8 Å². The van der Waals surface area contributed by atoms with Crippen molar-refractivity contribution in [3.8, 4) is 11.5 Å². The second kappa shape index (κ2) is 4.78. The Morgan fingerprint density at radius 2 is 2.00 bits per heavy atom. The number of benzene rings is 2. The van der Waals surface area contributed by atoms with E-state index in [1.807, 2.05) is 0 Å². The predicted octanol–water partition coefficient (Wildman–Crippen LogP) is 2.46. The average Bonchev–Trinajstić information content (AvgIpc) is 2.79. The molecule has 0 aliphatic carbocycles. The summed E-state index contributed by atoms with van der Waals surface area (Å²) in [4.78, 5) is 22.0. The highest BCUT2D eigenvalue weighted by molar-refractivity contribution is 6.00. The number of anilines is 2. The van der Waals surface area contributed by atoms with Crippen molar-refractivity contribution in [2.75, 3.05) is 11.1 Å². The Bertz CT molecular complexity index is 758. The number of nitrogens with two attached hydrogens (primary N) is 1. The van der Waals surface area contributed by atoms with Gasteiger partial charge in [-0.15, -0.1) is 0 Å². The van der Waals surface area contributed by atoms with Crippen LogP contribution in [0.5, 0.6) is 11.5 Å². The fraction of sp³-hybridized carbons (Fsp3) is 0.0714. The second-order valence-corrected chi connectivity index (χ2v) is 4.60. The molecule has 0 spiro atoms. The van der Waals surface area contributed by atoms with Gasteiger partial charge in [0.2, 0.25) is 11.7 Å². The molecule has 0 aromatic heterocycles. The van der Waals surface area contributed by atoms with Crippen LogP contribution in [-0.2, 0) is 11.2 Å². The van der Waals surface area contributed by atoms with Gasteiger partial charge in [-0.05, 0) is 17.7 Å². The summed E-state index contributed by atoms with van der Waals surface area (Å²) in [6.45, 7) is 0. The highest BCUT2D eigenvalue weighted by Gasteiger charge is 2.26. The molecule has 1 aliphatic rings. The van der Waals surface area contributed by atoms with Crippen LogP contribution in [0, 0.1) is 10.1 Å². The Balaban J connectivity index is 2.05. The maximum atomic E-state index is 11.4. The minimum atomic E-state index is -0.544. The lowest BCUT2D eigenvalue weighted by atomic mass is 10.1. The summed E-state index contributed by atoms with van der Waals surface area (Å²) in [5.41, 5.74) is 7.04. The largest absolute Gasteiger partial charge is 0.448 e. The van der Waals surface area contributed by atoms with Gasteiger partial charge in [0.1, 0.15) is 0 Å². The van der Waals surface area contributed by atoms with E-state index in [0.717, 1.165) is 0 Å². The van der Waals surface area contributed by atoms with Crippen LogP contribution in [0.4, 0.5) is 17.1 Å². The molecule has 3 N–H and O–H groups in total. The van der Waals surface area contributed by atoms with Crippen molar-refractivity contribution >= 4 is 23.0 Å². The van der Waals surface area contributed by atoms with E-state index in [0.29, 0.717) is 22.7 Å². The molecule has 0 bridgehead atoms. The SMILES string of the molecule is Nc1ccccc1Oc1cc2c(cc1[N+](=O)[O-])CC(=O)N2. The molecule has 1 amide bonds. The zero-order valence-electron chi connectivity index (χ0n) is 10.8. The zero-order chi connectivity index (χ0) is 15.0. The van der Waals surface area contributed by atoms with E-state index in [1.165, 1.54) is 12.1 Å². The average molecular weight is 285 g/mol. The second-order valence-electron chi connectivity index (χ2n) is 4.60. The summed E-state index contributed by atoms with van der Waals surface area (Å²) in [7, 11) is 0. The number of rotatable bonds is 3. The van der Waals surface area contributed by atoms with Crippen LogP contribution >= 0.6 is 0 Å². The molecule has 106 valence electrons. The third-order valence-electron chi connectivity index (χ3n) is 3.15. The molecule has 0 atom stereocenters. The Morgan fingerprint density at radius 3 is 2.71 bits per heavy atom. The number of ether oxygens (including phenoxy) is 1. The molecule has 7 nitrogen and oxygen atoms in total. The van der Waals surface area contributed by atoms with Gasteiger partial charge in [0.25, 0.3) is 0 Å². The van der Waals surface area contributed by atoms with Crippen molar-refractivity contribution in [3.63, 3.8) is 0 Å². The van der Waals surface area contributed by atoms with Crippen LogP contribution in [0.3, 0.4) is 0 Å². The lowest BCUT2D eigenvalue weighted by molar-refractivity contribution is -0.385. The van der Waals surface area contributed by atoms with Crippen molar-refractivity contribution in [1.29, 1.82) is 0 Å². The minimum Gasteiger partial charge on any atom is -0.448 e. The van der Waals surface area contributed by atoms with Crippen molar-refractivity contribution < 1.29 is 14.5 Å². The number of nitrogens with one attached hydrogen (secondary N) is 1. The monoisotopic (exact) mass is 285 g/mol. The number of carbonyl (C=O) groups is 1. The maximum absolute atomic E-state index is 11.4. The van der Waals surface area contributed by atoms with Gasteiger partial charge in [-0.3, -0.25) is 14.9 Å². The first-order chi connectivity index (χ1) is 10.0. The van der Waals surface area contributed by atoms with Crippen LogP contribution < -0.4 is 15.8 Å². The lowest BCUT2D eigenvalue weighted by Crippen LogP contribution is -2.03. The third kappa shape index (κ3) is 2.36. The third-order valence-corrected chi connectivity index (χ3v) is 3.15. The highest BCUT2D eigenvalue weighted by atomic mass is 16.6. The first kappa shape index (κ1) is 12.9. The maximum Gasteiger partial charge on any atom is 0.312 e. The zero-order valence-corrected chi connectivity index (χ0v) is 10.8. The van der Waals surface area contributed by atoms with Crippen LogP contribution in [-0.4, -0.2) is 10.8 Å². The van der Waals surface area contributed by atoms with Gasteiger partial charge in [-0.2, -0.15) is 0 Å². The van der Waals surface area contributed by atoms with Gasteiger partial charge in [0, 0.05) is 17.8 Å².